The summed E-state index contributed by atoms with van der Waals surface area (Å²) in [4.78, 5) is 25.2. The fraction of sp³-hybridized carbons (Fsp3) is 0.0476. The summed E-state index contributed by atoms with van der Waals surface area (Å²) in [5, 5.41) is 5.37. The molecular formula is C21H17BrN2O4. The van der Waals surface area contributed by atoms with Crippen LogP contribution in [0.4, 0.5) is 5.69 Å². The molecule has 0 saturated heterocycles. The van der Waals surface area contributed by atoms with Gasteiger partial charge in [-0.3, -0.25) is 9.59 Å². The number of anilines is 1. The number of nitrogens with one attached hydrogen (secondary N) is 2. The molecule has 7 heteroatoms. The van der Waals surface area contributed by atoms with Gasteiger partial charge >= 0.3 is 0 Å². The number of furan rings is 1. The second-order valence-electron chi connectivity index (χ2n) is 5.73. The molecular weight excluding hydrogens is 424 g/mol. The zero-order valence-corrected chi connectivity index (χ0v) is 16.5. The monoisotopic (exact) mass is 440 g/mol. The number of hydrogen-bond acceptors (Lipinski definition) is 4. The van der Waals surface area contributed by atoms with E-state index in [1.807, 2.05) is 6.07 Å². The topological polar surface area (TPSA) is 80.6 Å². The van der Waals surface area contributed by atoms with Gasteiger partial charge in [0.25, 0.3) is 11.8 Å². The zero-order valence-electron chi connectivity index (χ0n) is 14.9. The smallest absolute Gasteiger partial charge is 0.291 e. The van der Waals surface area contributed by atoms with E-state index in [9.17, 15) is 9.59 Å². The van der Waals surface area contributed by atoms with Crippen molar-refractivity contribution in [3.05, 3.63) is 88.4 Å². The Morgan fingerprint density at radius 2 is 1.86 bits per heavy atom. The Morgan fingerprint density at radius 1 is 1.07 bits per heavy atom. The molecule has 0 spiro atoms. The van der Waals surface area contributed by atoms with E-state index in [0.29, 0.717) is 11.4 Å². The molecule has 2 aromatic carbocycles. The minimum absolute atomic E-state index is 0.0755. The van der Waals surface area contributed by atoms with Gasteiger partial charge in [0.15, 0.2) is 5.76 Å². The minimum atomic E-state index is -0.519. The predicted molar refractivity (Wildman–Crippen MR) is 110 cm³/mol. The minimum Gasteiger partial charge on any atom is -0.497 e. The second kappa shape index (κ2) is 9.05. The summed E-state index contributed by atoms with van der Waals surface area (Å²) >= 11 is 3.36. The van der Waals surface area contributed by atoms with Crippen molar-refractivity contribution in [2.24, 2.45) is 0 Å². The Hall–Kier alpha value is -3.32. The van der Waals surface area contributed by atoms with Crippen molar-refractivity contribution in [2.75, 3.05) is 12.4 Å². The van der Waals surface area contributed by atoms with Crippen LogP contribution in [0.1, 0.15) is 16.1 Å². The number of hydrogen-bond donors (Lipinski definition) is 2. The zero-order chi connectivity index (χ0) is 19.9. The van der Waals surface area contributed by atoms with Crippen LogP contribution in [0.3, 0.4) is 0 Å². The summed E-state index contributed by atoms with van der Waals surface area (Å²) in [6.45, 7) is 0. The van der Waals surface area contributed by atoms with Crippen LogP contribution in [0.2, 0.25) is 0 Å². The Morgan fingerprint density at radius 3 is 2.50 bits per heavy atom. The molecule has 3 aromatic rings. The highest BCUT2D eigenvalue weighted by molar-refractivity contribution is 9.10. The summed E-state index contributed by atoms with van der Waals surface area (Å²) in [5.41, 5.74) is 1.39. The van der Waals surface area contributed by atoms with E-state index >= 15 is 0 Å². The number of amides is 2. The molecule has 0 aliphatic carbocycles. The molecule has 0 radical (unpaired) electrons. The second-order valence-corrected chi connectivity index (χ2v) is 6.64. The Bertz CT molecular complexity index is 996. The summed E-state index contributed by atoms with van der Waals surface area (Å²) < 4.78 is 11.1. The predicted octanol–water partition coefficient (Wildman–Crippen LogP) is 4.46. The summed E-state index contributed by atoms with van der Waals surface area (Å²) in [6.07, 6.45) is 2.97. The van der Waals surface area contributed by atoms with E-state index in [1.54, 1.807) is 61.7 Å². The first-order chi connectivity index (χ1) is 13.5. The van der Waals surface area contributed by atoms with Crippen molar-refractivity contribution in [3.8, 4) is 5.75 Å². The van der Waals surface area contributed by atoms with E-state index in [-0.39, 0.29) is 11.5 Å². The van der Waals surface area contributed by atoms with Gasteiger partial charge in [-0.1, -0.05) is 34.1 Å². The van der Waals surface area contributed by atoms with E-state index in [1.165, 1.54) is 12.3 Å². The van der Waals surface area contributed by atoms with E-state index in [0.717, 1.165) is 10.0 Å². The van der Waals surface area contributed by atoms with Crippen LogP contribution in [-0.2, 0) is 4.79 Å². The maximum absolute atomic E-state index is 12.8. The molecule has 2 N–H and O–H groups in total. The molecule has 0 unspecified atom stereocenters. The van der Waals surface area contributed by atoms with Gasteiger partial charge < -0.3 is 19.8 Å². The van der Waals surface area contributed by atoms with Crippen molar-refractivity contribution < 1.29 is 18.7 Å². The number of halogens is 1. The van der Waals surface area contributed by atoms with Crippen molar-refractivity contribution >= 4 is 39.5 Å². The summed E-state index contributed by atoms with van der Waals surface area (Å²) in [6, 6.07) is 17.4. The van der Waals surface area contributed by atoms with Crippen LogP contribution in [0, 0.1) is 0 Å². The third-order valence-electron chi connectivity index (χ3n) is 3.75. The molecule has 0 fully saturated rings. The molecule has 142 valence electrons. The molecule has 0 aliphatic heterocycles. The molecule has 0 atom stereocenters. The van der Waals surface area contributed by atoms with Crippen LogP contribution in [0.5, 0.6) is 5.75 Å². The molecule has 28 heavy (non-hydrogen) atoms. The van der Waals surface area contributed by atoms with E-state index < -0.39 is 11.8 Å². The number of methoxy groups -OCH3 is 1. The molecule has 0 aliphatic rings. The standard InChI is InChI=1S/C21H17BrN2O4/c1-27-17-9-7-14(8-10-17)12-18(24-21(26)19-6-3-11-28-19)20(25)23-16-5-2-4-15(22)13-16/h2-13H,1H3,(H,23,25)(H,24,26). The maximum atomic E-state index is 12.8. The van der Waals surface area contributed by atoms with Gasteiger partial charge in [0.1, 0.15) is 11.4 Å². The molecule has 0 bridgehead atoms. The highest BCUT2D eigenvalue weighted by atomic mass is 79.9. The van der Waals surface area contributed by atoms with Crippen LogP contribution in [-0.4, -0.2) is 18.9 Å². The number of rotatable bonds is 6. The third-order valence-corrected chi connectivity index (χ3v) is 4.24. The Kier molecular flexibility index (Phi) is 6.29. The first kappa shape index (κ1) is 19.4. The molecule has 6 nitrogen and oxygen atoms in total. The van der Waals surface area contributed by atoms with Crippen molar-refractivity contribution in [2.45, 2.75) is 0 Å². The van der Waals surface area contributed by atoms with Crippen LogP contribution in [0.15, 0.2) is 81.5 Å². The van der Waals surface area contributed by atoms with Gasteiger partial charge in [-0.15, -0.1) is 0 Å². The van der Waals surface area contributed by atoms with E-state index in [2.05, 4.69) is 26.6 Å². The number of benzene rings is 2. The van der Waals surface area contributed by atoms with Gasteiger partial charge in [-0.2, -0.15) is 0 Å². The van der Waals surface area contributed by atoms with Gasteiger partial charge in [0.05, 0.1) is 13.4 Å². The van der Waals surface area contributed by atoms with Crippen LogP contribution >= 0.6 is 15.9 Å². The molecule has 0 saturated carbocycles. The number of carbonyl (C=O) groups excluding carboxylic acids is 2. The van der Waals surface area contributed by atoms with Crippen LogP contribution < -0.4 is 15.4 Å². The van der Waals surface area contributed by atoms with Gasteiger partial charge in [-0.05, 0) is 54.1 Å². The lowest BCUT2D eigenvalue weighted by Crippen LogP contribution is -2.30. The Labute approximate surface area is 170 Å². The number of ether oxygens (including phenoxy) is 1. The van der Waals surface area contributed by atoms with Gasteiger partial charge in [-0.25, -0.2) is 0 Å². The SMILES string of the molecule is COc1ccc(C=C(NC(=O)c2ccco2)C(=O)Nc2cccc(Br)c2)cc1. The van der Waals surface area contributed by atoms with E-state index in [4.69, 9.17) is 9.15 Å². The van der Waals surface area contributed by atoms with Gasteiger partial charge in [0.2, 0.25) is 0 Å². The largest absolute Gasteiger partial charge is 0.497 e. The lowest BCUT2D eigenvalue weighted by atomic mass is 10.1. The van der Waals surface area contributed by atoms with Crippen molar-refractivity contribution in [1.29, 1.82) is 0 Å². The highest BCUT2D eigenvalue weighted by Gasteiger charge is 2.16. The fourth-order valence-electron chi connectivity index (χ4n) is 2.38. The number of carbonyl (C=O) groups is 2. The Balaban J connectivity index is 1.87. The van der Waals surface area contributed by atoms with Crippen molar-refractivity contribution in [1.82, 2.24) is 5.32 Å². The van der Waals surface area contributed by atoms with Crippen molar-refractivity contribution in [3.63, 3.8) is 0 Å². The summed E-state index contributed by atoms with van der Waals surface area (Å²) in [7, 11) is 1.57. The third kappa shape index (κ3) is 5.11. The fourth-order valence-corrected chi connectivity index (χ4v) is 2.78. The normalized spacial score (nSPS) is 11.0. The molecule has 1 aromatic heterocycles. The maximum Gasteiger partial charge on any atom is 0.291 e. The van der Waals surface area contributed by atoms with Gasteiger partial charge in [0, 0.05) is 10.2 Å². The quantitative estimate of drug-likeness (QED) is 0.554. The average molecular weight is 441 g/mol. The molecule has 2 amide bonds. The lowest BCUT2D eigenvalue weighted by molar-refractivity contribution is -0.113. The highest BCUT2D eigenvalue weighted by Crippen LogP contribution is 2.18. The first-order valence-electron chi connectivity index (χ1n) is 8.32. The average Bonchev–Trinajstić information content (AvgIpc) is 3.23. The summed E-state index contributed by atoms with van der Waals surface area (Å²) in [5.74, 6) is -0.184. The van der Waals surface area contributed by atoms with Crippen LogP contribution in [0.25, 0.3) is 6.08 Å². The molecule has 3 rings (SSSR count). The molecule has 1 heterocycles. The first-order valence-corrected chi connectivity index (χ1v) is 9.12. The lowest BCUT2D eigenvalue weighted by Gasteiger charge is -2.11.